The molecule has 1 aromatic heterocycles. The number of carboxylic acids is 1. The van der Waals surface area contributed by atoms with Gasteiger partial charge in [-0.2, -0.15) is 0 Å². The van der Waals surface area contributed by atoms with Crippen molar-refractivity contribution in [2.45, 2.75) is 76.7 Å². The van der Waals surface area contributed by atoms with Crippen LogP contribution in [-0.4, -0.2) is 32.0 Å². The van der Waals surface area contributed by atoms with Crippen molar-refractivity contribution in [2.24, 2.45) is 7.05 Å². The molecular formula is C23H31N3O5. The lowest BCUT2D eigenvalue weighted by Gasteiger charge is -2.21. The van der Waals surface area contributed by atoms with Crippen LogP contribution in [0.15, 0.2) is 23.0 Å². The van der Waals surface area contributed by atoms with Gasteiger partial charge in [0, 0.05) is 19.9 Å². The molecule has 1 atom stereocenters. The predicted octanol–water partition coefficient (Wildman–Crippen LogP) is 3.07. The van der Waals surface area contributed by atoms with Crippen LogP contribution in [0.4, 0.5) is 0 Å². The van der Waals surface area contributed by atoms with Crippen molar-refractivity contribution in [1.29, 1.82) is 0 Å². The van der Waals surface area contributed by atoms with Crippen molar-refractivity contribution < 1.29 is 19.5 Å². The van der Waals surface area contributed by atoms with E-state index in [1.54, 1.807) is 11.6 Å². The molecule has 0 bridgehead atoms. The number of nitrogens with one attached hydrogen (secondary N) is 1. The molecule has 2 aromatic rings. The lowest BCUT2D eigenvalue weighted by Crippen LogP contribution is -2.44. The summed E-state index contributed by atoms with van der Waals surface area (Å²) in [7, 11) is 1.73. The number of aliphatic carboxylic acids is 1. The monoisotopic (exact) mass is 429 g/mol. The van der Waals surface area contributed by atoms with E-state index in [1.165, 1.54) is 4.57 Å². The van der Waals surface area contributed by atoms with Crippen LogP contribution in [0.2, 0.25) is 0 Å². The second-order valence-electron chi connectivity index (χ2n) is 8.33. The van der Waals surface area contributed by atoms with Gasteiger partial charge in [0.1, 0.15) is 6.04 Å². The molecule has 8 heteroatoms. The highest BCUT2D eigenvalue weighted by Crippen LogP contribution is 2.26. The number of imidazole rings is 1. The van der Waals surface area contributed by atoms with E-state index in [0.29, 0.717) is 6.42 Å². The highest BCUT2D eigenvalue weighted by molar-refractivity contribution is 6.00. The molecule has 1 aromatic carbocycles. The Balaban J connectivity index is 1.61. The normalized spacial score (nSPS) is 16.6. The number of aromatic nitrogens is 2. The minimum absolute atomic E-state index is 0.231. The van der Waals surface area contributed by atoms with Gasteiger partial charge in [-0.1, -0.05) is 44.2 Å². The van der Waals surface area contributed by atoms with E-state index in [4.69, 9.17) is 5.11 Å². The van der Waals surface area contributed by atoms with Crippen LogP contribution in [0.3, 0.4) is 0 Å². The molecule has 1 fully saturated rings. The molecule has 1 saturated heterocycles. The number of aryl methyl sites for hydroxylation is 2. The van der Waals surface area contributed by atoms with E-state index < -0.39 is 17.9 Å². The molecule has 1 aliphatic rings. The summed E-state index contributed by atoms with van der Waals surface area (Å²) in [6.07, 6.45) is 8.74. The second-order valence-corrected chi connectivity index (χ2v) is 8.33. The Bertz CT molecular complexity index is 1020. The smallest absolute Gasteiger partial charge is 0.329 e. The molecule has 0 saturated carbocycles. The number of fused-ring (bicyclic) bond motifs is 1. The maximum atomic E-state index is 12.9. The van der Waals surface area contributed by atoms with Crippen molar-refractivity contribution in [2.75, 3.05) is 0 Å². The number of piperidine rings is 1. The van der Waals surface area contributed by atoms with Crippen LogP contribution in [0.5, 0.6) is 0 Å². The van der Waals surface area contributed by atoms with E-state index in [-0.39, 0.29) is 24.4 Å². The molecule has 1 aliphatic heterocycles. The molecule has 0 radical (unpaired) electrons. The van der Waals surface area contributed by atoms with Gasteiger partial charge >= 0.3 is 11.7 Å². The number of hydrogen-bond acceptors (Lipinski definition) is 4. The fourth-order valence-corrected chi connectivity index (χ4v) is 4.43. The van der Waals surface area contributed by atoms with Crippen LogP contribution in [0.1, 0.15) is 75.8 Å². The average Bonchev–Trinajstić information content (AvgIpc) is 2.98. The summed E-state index contributed by atoms with van der Waals surface area (Å²) in [4.78, 5) is 47.3. The van der Waals surface area contributed by atoms with Crippen LogP contribution in [0, 0.1) is 0 Å². The van der Waals surface area contributed by atoms with E-state index >= 15 is 0 Å². The number of hydrogen-bond donors (Lipinski definition) is 2. The number of carbonyl (C=O) groups is 3. The van der Waals surface area contributed by atoms with Crippen molar-refractivity contribution in [1.82, 2.24) is 14.5 Å². The topological polar surface area (TPSA) is 110 Å². The average molecular weight is 430 g/mol. The van der Waals surface area contributed by atoms with Gasteiger partial charge in [-0.25, -0.2) is 4.79 Å². The van der Waals surface area contributed by atoms with Crippen molar-refractivity contribution >= 4 is 28.8 Å². The highest BCUT2D eigenvalue weighted by Gasteiger charge is 2.31. The van der Waals surface area contributed by atoms with Crippen LogP contribution >= 0.6 is 0 Å². The Morgan fingerprint density at radius 1 is 1.06 bits per heavy atom. The number of benzene rings is 1. The third-order valence-electron chi connectivity index (χ3n) is 6.04. The molecule has 2 N–H and O–H groups in total. The summed E-state index contributed by atoms with van der Waals surface area (Å²) in [5.41, 5.74) is 2.44. The Hall–Kier alpha value is -2.90. The lowest BCUT2D eigenvalue weighted by atomic mass is 10.0. The maximum Gasteiger partial charge on any atom is 0.329 e. The summed E-state index contributed by atoms with van der Waals surface area (Å²) < 4.78 is 3.13. The SMILES string of the molecule is Cn1c(=O)n(C2CCC(=O)NC2=O)c2cccc(CCCCCCCCCC(=O)O)c21. The second kappa shape index (κ2) is 10.4. The zero-order valence-corrected chi connectivity index (χ0v) is 18.1. The van der Waals surface area contributed by atoms with Crippen LogP contribution in [0.25, 0.3) is 11.0 Å². The number of rotatable bonds is 11. The molecule has 2 amide bonds. The standard InChI is InChI=1S/C23H31N3O5/c1-25-21-16(10-7-5-3-2-4-6-8-13-20(28)29)11-9-12-17(21)26(23(25)31)18-14-15-19(27)24-22(18)30/h9,11-12,18H,2-8,10,13-15H2,1H3,(H,28,29)(H,24,27,30). The summed E-state index contributed by atoms with van der Waals surface area (Å²) >= 11 is 0. The van der Waals surface area contributed by atoms with Gasteiger partial charge in [-0.05, 0) is 37.3 Å². The molecule has 0 spiro atoms. The maximum absolute atomic E-state index is 12.9. The summed E-state index contributed by atoms with van der Waals surface area (Å²) in [6.45, 7) is 0. The number of imide groups is 1. The van der Waals surface area contributed by atoms with Crippen LogP contribution in [-0.2, 0) is 27.9 Å². The van der Waals surface area contributed by atoms with Gasteiger partial charge < -0.3 is 5.11 Å². The Morgan fingerprint density at radius 2 is 1.74 bits per heavy atom. The fourth-order valence-electron chi connectivity index (χ4n) is 4.43. The van der Waals surface area contributed by atoms with E-state index in [2.05, 4.69) is 5.32 Å². The summed E-state index contributed by atoms with van der Waals surface area (Å²) in [6, 6.07) is 5.15. The number of unbranched alkanes of at least 4 members (excludes halogenated alkanes) is 6. The quantitative estimate of drug-likeness (QED) is 0.421. The Labute approximate surface area is 181 Å². The first kappa shape index (κ1) is 22.8. The van der Waals surface area contributed by atoms with E-state index in [9.17, 15) is 19.2 Å². The van der Waals surface area contributed by atoms with Crippen LogP contribution < -0.4 is 11.0 Å². The van der Waals surface area contributed by atoms with Gasteiger partial charge in [0.2, 0.25) is 11.8 Å². The molecule has 8 nitrogen and oxygen atoms in total. The highest BCUT2D eigenvalue weighted by atomic mass is 16.4. The van der Waals surface area contributed by atoms with Gasteiger partial charge in [-0.15, -0.1) is 0 Å². The number of carboxylic acid groups (broad SMARTS) is 1. The first-order valence-corrected chi connectivity index (χ1v) is 11.1. The summed E-state index contributed by atoms with van der Waals surface area (Å²) in [5, 5.41) is 11.0. The van der Waals surface area contributed by atoms with Gasteiger partial charge in [0.25, 0.3) is 0 Å². The number of amides is 2. The molecule has 2 heterocycles. The minimum Gasteiger partial charge on any atom is -0.481 e. The molecule has 3 rings (SSSR count). The van der Waals surface area contributed by atoms with Crippen molar-refractivity contribution in [3.05, 3.63) is 34.2 Å². The van der Waals surface area contributed by atoms with Gasteiger partial charge in [-0.3, -0.25) is 28.8 Å². The Kier molecular flexibility index (Phi) is 7.65. The molecule has 0 aliphatic carbocycles. The predicted molar refractivity (Wildman–Crippen MR) is 117 cm³/mol. The third kappa shape index (κ3) is 5.42. The number of carbonyl (C=O) groups excluding carboxylic acids is 2. The van der Waals surface area contributed by atoms with Crippen molar-refractivity contribution in [3.63, 3.8) is 0 Å². The fraction of sp³-hybridized carbons (Fsp3) is 0.565. The zero-order chi connectivity index (χ0) is 22.4. The van der Waals surface area contributed by atoms with Gasteiger partial charge in [0.15, 0.2) is 0 Å². The molecular weight excluding hydrogens is 398 g/mol. The van der Waals surface area contributed by atoms with E-state index in [0.717, 1.165) is 68.0 Å². The first-order chi connectivity index (χ1) is 14.9. The first-order valence-electron chi connectivity index (χ1n) is 11.1. The molecule has 1 unspecified atom stereocenters. The number of nitrogens with zero attached hydrogens (tertiary/aromatic N) is 2. The largest absolute Gasteiger partial charge is 0.481 e. The lowest BCUT2D eigenvalue weighted by molar-refractivity contribution is -0.137. The van der Waals surface area contributed by atoms with Crippen molar-refractivity contribution in [3.8, 4) is 0 Å². The Morgan fingerprint density at radius 3 is 2.42 bits per heavy atom. The molecule has 31 heavy (non-hydrogen) atoms. The van der Waals surface area contributed by atoms with E-state index in [1.807, 2.05) is 18.2 Å². The third-order valence-corrected chi connectivity index (χ3v) is 6.04. The number of para-hydroxylation sites is 1. The molecule has 168 valence electrons. The minimum atomic E-state index is -0.727. The zero-order valence-electron chi connectivity index (χ0n) is 18.1. The summed E-state index contributed by atoms with van der Waals surface area (Å²) in [5.74, 6) is -1.44. The van der Waals surface area contributed by atoms with Gasteiger partial charge in [0.05, 0.1) is 11.0 Å².